The maximum absolute atomic E-state index is 12.8. The number of fused-ring (bicyclic) bond motifs is 1. The van der Waals surface area contributed by atoms with Crippen LogP contribution in [0, 0.1) is 0 Å². The van der Waals surface area contributed by atoms with Crippen LogP contribution in [0.4, 0.5) is 13.2 Å². The van der Waals surface area contributed by atoms with Crippen molar-refractivity contribution in [3.63, 3.8) is 0 Å². The normalized spacial score (nSPS) is 11.8. The number of alkyl halides is 4. The smallest absolute Gasteiger partial charge is 0.248 e. The highest BCUT2D eigenvalue weighted by molar-refractivity contribution is 9.08. The molecule has 2 nitrogen and oxygen atoms in total. The Morgan fingerprint density at radius 2 is 1.64 bits per heavy atom. The summed E-state index contributed by atoms with van der Waals surface area (Å²) in [6.45, 7) is 0. The van der Waals surface area contributed by atoms with Gasteiger partial charge in [-0.1, -0.05) is 46.3 Å². The van der Waals surface area contributed by atoms with E-state index in [0.717, 1.165) is 17.7 Å². The molecule has 1 aromatic heterocycles. The summed E-state index contributed by atoms with van der Waals surface area (Å²) in [5.41, 5.74) is 2.06. The van der Waals surface area contributed by atoms with Crippen LogP contribution in [0.15, 0.2) is 48.5 Å². The van der Waals surface area contributed by atoms with E-state index in [4.69, 9.17) is 0 Å². The van der Waals surface area contributed by atoms with E-state index in [1.165, 1.54) is 6.07 Å². The monoisotopic (exact) mass is 366 g/mol. The molecule has 0 saturated carbocycles. The van der Waals surface area contributed by atoms with Gasteiger partial charge >= 0.3 is 6.18 Å². The molecule has 3 rings (SSSR count). The molecule has 0 fully saturated rings. The molecule has 0 spiro atoms. The molecular weight excluding hydrogens is 357 g/mol. The molecule has 2 aromatic carbocycles. The number of halogens is 4. The first-order valence-electron chi connectivity index (χ1n) is 6.48. The highest BCUT2D eigenvalue weighted by Crippen LogP contribution is 2.32. The fourth-order valence-corrected chi connectivity index (χ4v) is 2.58. The first kappa shape index (κ1) is 15.0. The summed E-state index contributed by atoms with van der Waals surface area (Å²) in [5.74, 6) is 0. The summed E-state index contributed by atoms with van der Waals surface area (Å²) >= 11 is 3.36. The third-order valence-electron chi connectivity index (χ3n) is 3.24. The molecule has 0 aliphatic heterocycles. The molecule has 0 aliphatic carbocycles. The quantitative estimate of drug-likeness (QED) is 0.581. The Morgan fingerprint density at radius 1 is 0.909 bits per heavy atom. The predicted molar refractivity (Wildman–Crippen MR) is 82.6 cm³/mol. The van der Waals surface area contributed by atoms with Crippen molar-refractivity contribution in [3.05, 3.63) is 59.8 Å². The van der Waals surface area contributed by atoms with Gasteiger partial charge in [0.2, 0.25) is 0 Å². The van der Waals surface area contributed by atoms with Gasteiger partial charge in [0.1, 0.15) is 0 Å². The summed E-state index contributed by atoms with van der Waals surface area (Å²) < 4.78 is 38.5. The van der Waals surface area contributed by atoms with E-state index in [2.05, 4.69) is 25.9 Å². The van der Waals surface area contributed by atoms with Crippen LogP contribution in [-0.2, 0) is 11.5 Å². The van der Waals surface area contributed by atoms with Crippen molar-refractivity contribution in [1.29, 1.82) is 0 Å². The van der Waals surface area contributed by atoms with Crippen LogP contribution in [0.1, 0.15) is 11.3 Å². The Labute approximate surface area is 133 Å². The zero-order valence-electron chi connectivity index (χ0n) is 11.2. The van der Waals surface area contributed by atoms with Gasteiger partial charge in [0.05, 0.1) is 28.0 Å². The standard InChI is InChI=1S/C16H10BrF3N2/c17-9-14-15(10-4-2-1-3-5-10)22-13-8-11(16(18,19)20)6-7-12(13)21-14/h1-8H,9H2. The van der Waals surface area contributed by atoms with E-state index in [9.17, 15) is 13.2 Å². The first-order valence-corrected chi connectivity index (χ1v) is 7.60. The fraction of sp³-hybridized carbons (Fsp3) is 0.125. The third kappa shape index (κ3) is 2.83. The highest BCUT2D eigenvalue weighted by atomic mass is 79.9. The maximum atomic E-state index is 12.8. The van der Waals surface area contributed by atoms with Gasteiger partial charge in [-0.15, -0.1) is 0 Å². The minimum atomic E-state index is -4.39. The molecule has 112 valence electrons. The summed E-state index contributed by atoms with van der Waals surface area (Å²) in [4.78, 5) is 8.81. The van der Waals surface area contributed by atoms with Gasteiger partial charge in [-0.2, -0.15) is 13.2 Å². The predicted octanol–water partition coefficient (Wildman–Crippen LogP) is 5.21. The highest BCUT2D eigenvalue weighted by Gasteiger charge is 2.30. The second-order valence-corrected chi connectivity index (χ2v) is 5.28. The summed E-state index contributed by atoms with van der Waals surface area (Å²) in [7, 11) is 0. The van der Waals surface area contributed by atoms with Crippen molar-refractivity contribution in [2.75, 3.05) is 0 Å². The van der Waals surface area contributed by atoms with Crippen molar-refractivity contribution < 1.29 is 13.2 Å². The molecule has 0 unspecified atom stereocenters. The molecule has 0 aliphatic rings. The number of nitrogens with zero attached hydrogens (tertiary/aromatic N) is 2. The van der Waals surface area contributed by atoms with Gasteiger partial charge < -0.3 is 0 Å². The Hall–Kier alpha value is -1.95. The number of hydrogen-bond acceptors (Lipinski definition) is 2. The Morgan fingerprint density at radius 3 is 2.27 bits per heavy atom. The molecule has 0 amide bonds. The molecule has 0 atom stereocenters. The molecule has 22 heavy (non-hydrogen) atoms. The number of rotatable bonds is 2. The average Bonchev–Trinajstić information content (AvgIpc) is 2.53. The second-order valence-electron chi connectivity index (χ2n) is 4.72. The Bertz CT molecular complexity index is 817. The maximum Gasteiger partial charge on any atom is 0.416 e. The topological polar surface area (TPSA) is 25.8 Å². The van der Waals surface area contributed by atoms with E-state index in [0.29, 0.717) is 22.2 Å². The molecule has 1 heterocycles. The zero-order chi connectivity index (χ0) is 15.7. The minimum absolute atomic E-state index is 0.235. The SMILES string of the molecule is FC(F)(F)c1ccc2nc(CBr)c(-c3ccccc3)nc2c1. The van der Waals surface area contributed by atoms with E-state index in [-0.39, 0.29) is 5.52 Å². The average molecular weight is 367 g/mol. The van der Waals surface area contributed by atoms with Crippen LogP contribution in [0.3, 0.4) is 0 Å². The van der Waals surface area contributed by atoms with Crippen LogP contribution in [0.25, 0.3) is 22.3 Å². The van der Waals surface area contributed by atoms with Crippen molar-refractivity contribution in [2.45, 2.75) is 11.5 Å². The first-order chi connectivity index (χ1) is 10.5. The van der Waals surface area contributed by atoms with Gasteiger partial charge in [-0.25, -0.2) is 9.97 Å². The largest absolute Gasteiger partial charge is 0.416 e. The minimum Gasteiger partial charge on any atom is -0.248 e. The van der Waals surface area contributed by atoms with Crippen molar-refractivity contribution in [3.8, 4) is 11.3 Å². The lowest BCUT2D eigenvalue weighted by Gasteiger charge is -2.10. The second kappa shape index (κ2) is 5.68. The number of benzene rings is 2. The number of aromatic nitrogens is 2. The van der Waals surface area contributed by atoms with Crippen LogP contribution < -0.4 is 0 Å². The zero-order valence-corrected chi connectivity index (χ0v) is 12.8. The lowest BCUT2D eigenvalue weighted by atomic mass is 10.1. The van der Waals surface area contributed by atoms with Gasteiger partial charge in [-0.3, -0.25) is 0 Å². The van der Waals surface area contributed by atoms with E-state index < -0.39 is 11.7 Å². The Balaban J connectivity index is 2.23. The third-order valence-corrected chi connectivity index (χ3v) is 3.77. The van der Waals surface area contributed by atoms with Crippen molar-refractivity contribution in [1.82, 2.24) is 9.97 Å². The van der Waals surface area contributed by atoms with Crippen LogP contribution in [-0.4, -0.2) is 9.97 Å². The van der Waals surface area contributed by atoms with Gasteiger partial charge in [0.15, 0.2) is 0 Å². The lowest BCUT2D eigenvalue weighted by molar-refractivity contribution is -0.137. The lowest BCUT2D eigenvalue weighted by Crippen LogP contribution is -2.05. The van der Waals surface area contributed by atoms with Crippen LogP contribution >= 0.6 is 15.9 Å². The molecule has 6 heteroatoms. The molecule has 0 N–H and O–H groups in total. The molecule has 3 aromatic rings. The van der Waals surface area contributed by atoms with Crippen molar-refractivity contribution >= 4 is 27.0 Å². The van der Waals surface area contributed by atoms with E-state index in [1.807, 2.05) is 30.3 Å². The molecule has 0 saturated heterocycles. The van der Waals surface area contributed by atoms with E-state index >= 15 is 0 Å². The molecule has 0 radical (unpaired) electrons. The summed E-state index contributed by atoms with van der Waals surface area (Å²) in [6, 6.07) is 12.7. The Kier molecular flexibility index (Phi) is 3.87. The van der Waals surface area contributed by atoms with Crippen molar-refractivity contribution in [2.24, 2.45) is 0 Å². The van der Waals surface area contributed by atoms with Gasteiger partial charge in [-0.05, 0) is 18.2 Å². The van der Waals surface area contributed by atoms with Crippen LogP contribution in [0.2, 0.25) is 0 Å². The van der Waals surface area contributed by atoms with Gasteiger partial charge in [0.25, 0.3) is 0 Å². The van der Waals surface area contributed by atoms with Crippen LogP contribution in [0.5, 0.6) is 0 Å². The van der Waals surface area contributed by atoms with E-state index in [1.54, 1.807) is 0 Å². The molecule has 0 bridgehead atoms. The summed E-state index contributed by atoms with van der Waals surface area (Å²) in [5, 5.41) is 0.473. The van der Waals surface area contributed by atoms with Gasteiger partial charge in [0, 0.05) is 10.9 Å². The molecular formula is C16H10BrF3N2. The number of hydrogen-bond donors (Lipinski definition) is 0. The fourth-order valence-electron chi connectivity index (χ4n) is 2.19. The summed E-state index contributed by atoms with van der Waals surface area (Å²) in [6.07, 6.45) is -4.39.